The van der Waals surface area contributed by atoms with Gasteiger partial charge in [-0.3, -0.25) is 4.79 Å². The number of nitrogens with one attached hydrogen (secondary N) is 1. The van der Waals surface area contributed by atoms with E-state index in [9.17, 15) is 4.79 Å². The fraction of sp³-hybridized carbons (Fsp3) is 0.316. The highest BCUT2D eigenvalue weighted by Gasteiger charge is 2.22. The summed E-state index contributed by atoms with van der Waals surface area (Å²) in [5, 5.41) is 3.10. The maximum Gasteiger partial charge on any atom is 0.258 e. The summed E-state index contributed by atoms with van der Waals surface area (Å²) in [4.78, 5) is 13.5. The summed E-state index contributed by atoms with van der Waals surface area (Å²) in [5.74, 6) is 1.73. The number of hydrogen-bond acceptors (Lipinski definition) is 3. The van der Waals surface area contributed by atoms with E-state index in [1.54, 1.807) is 0 Å². The van der Waals surface area contributed by atoms with Crippen LogP contribution in [0.1, 0.15) is 29.2 Å². The first-order valence-electron chi connectivity index (χ1n) is 7.84. The van der Waals surface area contributed by atoms with Crippen LogP contribution in [-0.2, 0) is 4.79 Å². The first-order valence-corrected chi connectivity index (χ1v) is 8.83. The molecule has 0 saturated carbocycles. The van der Waals surface area contributed by atoms with Gasteiger partial charge in [0.1, 0.15) is 5.75 Å². The number of hydrogen-bond donors (Lipinski definition) is 1. The van der Waals surface area contributed by atoms with Gasteiger partial charge in [-0.05, 0) is 49.1 Å². The monoisotopic (exact) mass is 327 g/mol. The smallest absolute Gasteiger partial charge is 0.258 e. The zero-order valence-electron chi connectivity index (χ0n) is 13.5. The molecule has 0 aromatic heterocycles. The number of ether oxygens (including phenoxy) is 1. The van der Waals surface area contributed by atoms with Gasteiger partial charge in [0.15, 0.2) is 6.61 Å². The van der Waals surface area contributed by atoms with Crippen molar-refractivity contribution in [2.45, 2.75) is 31.2 Å². The second-order valence-electron chi connectivity index (χ2n) is 5.85. The van der Waals surface area contributed by atoms with Gasteiger partial charge >= 0.3 is 0 Å². The van der Waals surface area contributed by atoms with E-state index < -0.39 is 0 Å². The van der Waals surface area contributed by atoms with E-state index in [1.165, 1.54) is 10.5 Å². The quantitative estimate of drug-likeness (QED) is 0.921. The lowest BCUT2D eigenvalue weighted by Gasteiger charge is -2.25. The topological polar surface area (TPSA) is 38.3 Å². The molecule has 4 heteroatoms. The summed E-state index contributed by atoms with van der Waals surface area (Å²) in [6.07, 6.45) is 0.955. The van der Waals surface area contributed by atoms with Crippen molar-refractivity contribution in [2.24, 2.45) is 0 Å². The average molecular weight is 327 g/mol. The summed E-state index contributed by atoms with van der Waals surface area (Å²) >= 11 is 1.85. The summed E-state index contributed by atoms with van der Waals surface area (Å²) < 4.78 is 5.69. The highest BCUT2D eigenvalue weighted by molar-refractivity contribution is 7.99. The van der Waals surface area contributed by atoms with Crippen molar-refractivity contribution in [1.29, 1.82) is 0 Å². The number of fused-ring (bicyclic) bond motifs is 1. The molecule has 0 fully saturated rings. The van der Waals surface area contributed by atoms with Gasteiger partial charge in [-0.15, -0.1) is 11.8 Å². The van der Waals surface area contributed by atoms with Crippen molar-refractivity contribution >= 4 is 17.7 Å². The Labute approximate surface area is 141 Å². The molecule has 1 aliphatic rings. The summed E-state index contributed by atoms with van der Waals surface area (Å²) in [6.45, 7) is 4.06. The minimum absolute atomic E-state index is 0.0517. The molecule has 1 N–H and O–H groups in total. The second-order valence-corrected chi connectivity index (χ2v) is 6.99. The van der Waals surface area contributed by atoms with E-state index in [2.05, 4.69) is 17.4 Å². The highest BCUT2D eigenvalue weighted by Crippen LogP contribution is 2.35. The van der Waals surface area contributed by atoms with E-state index in [0.717, 1.165) is 29.1 Å². The molecular weight excluding hydrogens is 306 g/mol. The molecule has 0 spiro atoms. The Bertz CT molecular complexity index is 714. The van der Waals surface area contributed by atoms with Gasteiger partial charge in [0, 0.05) is 10.6 Å². The molecule has 120 valence electrons. The van der Waals surface area contributed by atoms with Crippen LogP contribution in [0.25, 0.3) is 0 Å². The van der Waals surface area contributed by atoms with Gasteiger partial charge < -0.3 is 10.1 Å². The van der Waals surface area contributed by atoms with Gasteiger partial charge in [0.05, 0.1) is 6.04 Å². The summed E-state index contributed by atoms with van der Waals surface area (Å²) in [5.41, 5.74) is 3.39. The second kappa shape index (κ2) is 7.09. The molecule has 23 heavy (non-hydrogen) atoms. The standard InChI is InChI=1S/C19H21NO2S/c1-13-7-8-14(2)17(11-13)22-12-19(21)20-16-9-10-23-18-6-4-3-5-15(16)18/h3-8,11,16H,9-10,12H2,1-2H3,(H,20,21)/t16-/m0/s1. The van der Waals surface area contributed by atoms with Crippen molar-refractivity contribution < 1.29 is 9.53 Å². The van der Waals surface area contributed by atoms with Crippen LogP contribution in [-0.4, -0.2) is 18.3 Å². The predicted molar refractivity (Wildman–Crippen MR) is 94.1 cm³/mol. The highest BCUT2D eigenvalue weighted by atomic mass is 32.2. The van der Waals surface area contributed by atoms with Crippen LogP contribution >= 0.6 is 11.8 Å². The van der Waals surface area contributed by atoms with Gasteiger partial charge in [0.2, 0.25) is 0 Å². The Morgan fingerprint density at radius 2 is 2.09 bits per heavy atom. The maximum absolute atomic E-state index is 12.2. The third kappa shape index (κ3) is 3.88. The molecule has 0 unspecified atom stereocenters. The van der Waals surface area contributed by atoms with Crippen LogP contribution in [0.4, 0.5) is 0 Å². The minimum atomic E-state index is -0.0717. The molecule has 0 radical (unpaired) electrons. The Morgan fingerprint density at radius 1 is 1.26 bits per heavy atom. The van der Waals surface area contributed by atoms with Crippen molar-refractivity contribution in [2.75, 3.05) is 12.4 Å². The van der Waals surface area contributed by atoms with Crippen LogP contribution in [0.3, 0.4) is 0 Å². The fourth-order valence-corrected chi connectivity index (χ4v) is 3.86. The van der Waals surface area contributed by atoms with Gasteiger partial charge in [-0.2, -0.15) is 0 Å². The molecule has 1 amide bonds. The Morgan fingerprint density at radius 3 is 2.96 bits per heavy atom. The average Bonchev–Trinajstić information content (AvgIpc) is 2.56. The number of amides is 1. The zero-order chi connectivity index (χ0) is 16.2. The maximum atomic E-state index is 12.2. The summed E-state index contributed by atoms with van der Waals surface area (Å²) in [7, 11) is 0. The van der Waals surface area contributed by atoms with E-state index in [-0.39, 0.29) is 18.6 Å². The molecule has 1 atom stereocenters. The molecule has 1 aliphatic heterocycles. The minimum Gasteiger partial charge on any atom is -0.483 e. The van der Waals surface area contributed by atoms with Crippen LogP contribution < -0.4 is 10.1 Å². The molecular formula is C19H21NO2S. The normalized spacial score (nSPS) is 16.5. The number of aryl methyl sites for hydroxylation is 2. The molecule has 2 aromatic rings. The molecule has 1 heterocycles. The predicted octanol–water partition coefficient (Wildman–Crippen LogP) is 4.04. The van der Waals surface area contributed by atoms with E-state index >= 15 is 0 Å². The molecule has 0 bridgehead atoms. The van der Waals surface area contributed by atoms with Gasteiger partial charge in [-0.1, -0.05) is 30.3 Å². The van der Waals surface area contributed by atoms with Crippen molar-refractivity contribution in [3.63, 3.8) is 0 Å². The van der Waals surface area contributed by atoms with Crippen LogP contribution in [0, 0.1) is 13.8 Å². The Balaban J connectivity index is 1.61. The van der Waals surface area contributed by atoms with Crippen molar-refractivity contribution in [3.05, 3.63) is 59.2 Å². The van der Waals surface area contributed by atoms with Crippen molar-refractivity contribution in [3.8, 4) is 5.75 Å². The lowest BCUT2D eigenvalue weighted by Crippen LogP contribution is -2.34. The SMILES string of the molecule is Cc1ccc(C)c(OCC(=O)N[C@H]2CCSc3ccccc32)c1. The number of benzene rings is 2. The zero-order valence-corrected chi connectivity index (χ0v) is 14.3. The number of rotatable bonds is 4. The number of thioether (sulfide) groups is 1. The third-order valence-electron chi connectivity index (χ3n) is 4.00. The van der Waals surface area contributed by atoms with Crippen molar-refractivity contribution in [1.82, 2.24) is 5.32 Å². The molecule has 3 rings (SSSR count). The summed E-state index contributed by atoms with van der Waals surface area (Å²) in [6, 6.07) is 14.4. The Hall–Kier alpha value is -1.94. The van der Waals surface area contributed by atoms with Crippen LogP contribution in [0.5, 0.6) is 5.75 Å². The molecule has 0 aliphatic carbocycles. The Kier molecular flexibility index (Phi) is 4.91. The fourth-order valence-electron chi connectivity index (χ4n) is 2.73. The van der Waals surface area contributed by atoms with Gasteiger partial charge in [-0.25, -0.2) is 0 Å². The van der Waals surface area contributed by atoms with Gasteiger partial charge in [0.25, 0.3) is 5.91 Å². The lowest BCUT2D eigenvalue weighted by atomic mass is 10.0. The molecule has 2 aromatic carbocycles. The van der Waals surface area contributed by atoms with E-state index in [4.69, 9.17) is 4.74 Å². The number of carbonyl (C=O) groups is 1. The largest absolute Gasteiger partial charge is 0.483 e. The molecule has 3 nitrogen and oxygen atoms in total. The third-order valence-corrected chi connectivity index (χ3v) is 5.12. The van der Waals surface area contributed by atoms with E-state index in [1.807, 2.05) is 55.9 Å². The number of carbonyl (C=O) groups excluding carboxylic acids is 1. The van der Waals surface area contributed by atoms with Crippen LogP contribution in [0.2, 0.25) is 0 Å². The van der Waals surface area contributed by atoms with E-state index in [0.29, 0.717) is 0 Å². The first kappa shape index (κ1) is 15.9. The lowest BCUT2D eigenvalue weighted by molar-refractivity contribution is -0.123. The van der Waals surface area contributed by atoms with Crippen LogP contribution in [0.15, 0.2) is 47.4 Å². The molecule has 0 saturated heterocycles. The first-order chi connectivity index (χ1) is 11.1.